The molecule has 0 bridgehead atoms. The van der Waals surface area contributed by atoms with Crippen molar-refractivity contribution in [2.45, 2.75) is 4.90 Å². The lowest BCUT2D eigenvalue weighted by atomic mass is 10.4. The monoisotopic (exact) mass is 336 g/mol. The van der Waals surface area contributed by atoms with Crippen LogP contribution in [0.1, 0.15) is 0 Å². The van der Waals surface area contributed by atoms with Crippen LogP contribution in [-0.2, 0) is 10.0 Å². The Hall–Kier alpha value is -2.52. The molecule has 0 atom stereocenters. The van der Waals surface area contributed by atoms with Crippen molar-refractivity contribution in [2.24, 2.45) is 0 Å². The summed E-state index contributed by atoms with van der Waals surface area (Å²) < 4.78 is 28.3. The van der Waals surface area contributed by atoms with Gasteiger partial charge in [0.2, 0.25) is 5.95 Å². The highest BCUT2D eigenvalue weighted by molar-refractivity contribution is 7.92. The number of anilines is 1. The quantitative estimate of drug-likeness (QED) is 0.774. The Morgan fingerprint density at radius 1 is 1.05 bits per heavy atom. The Kier molecular flexibility index (Phi) is 3.73. The van der Waals surface area contributed by atoms with Crippen LogP contribution in [0.4, 0.5) is 5.95 Å². The van der Waals surface area contributed by atoms with Gasteiger partial charge in [-0.15, -0.1) is 0 Å². The van der Waals surface area contributed by atoms with Gasteiger partial charge >= 0.3 is 0 Å². The van der Waals surface area contributed by atoms with Gasteiger partial charge in [0.25, 0.3) is 16.0 Å². The molecule has 1 N–H and O–H groups in total. The van der Waals surface area contributed by atoms with E-state index in [9.17, 15) is 8.42 Å². The first-order valence-electron chi connectivity index (χ1n) is 6.03. The predicted molar refractivity (Wildman–Crippen MR) is 79.2 cm³/mol. The van der Waals surface area contributed by atoms with Gasteiger partial charge in [0, 0.05) is 12.4 Å². The summed E-state index contributed by atoms with van der Waals surface area (Å²) >= 11 is 5.92. The van der Waals surface area contributed by atoms with Gasteiger partial charge in [0.1, 0.15) is 11.2 Å². The summed E-state index contributed by atoms with van der Waals surface area (Å²) in [7, 11) is -3.91. The van der Waals surface area contributed by atoms with E-state index in [1.807, 2.05) is 0 Å². The molecule has 8 nitrogen and oxygen atoms in total. The minimum Gasteiger partial charge on any atom is -0.247 e. The molecule has 10 heteroatoms. The van der Waals surface area contributed by atoms with E-state index in [1.165, 1.54) is 35.5 Å². The predicted octanol–water partition coefficient (Wildman–Crippen LogP) is 1.51. The Bertz CT molecular complexity index is 897. The summed E-state index contributed by atoms with van der Waals surface area (Å²) in [5, 5.41) is 4.02. The number of halogens is 1. The number of rotatable bonds is 4. The molecule has 2 aromatic heterocycles. The highest BCUT2D eigenvalue weighted by atomic mass is 35.5. The molecular weight excluding hydrogens is 328 g/mol. The fraction of sp³-hybridized carbons (Fsp3) is 0. The molecule has 3 aromatic rings. The van der Waals surface area contributed by atoms with E-state index < -0.39 is 10.0 Å². The second-order valence-electron chi connectivity index (χ2n) is 4.08. The highest BCUT2D eigenvalue weighted by Gasteiger charge is 2.21. The van der Waals surface area contributed by atoms with Gasteiger partial charge in [-0.3, -0.25) is 0 Å². The van der Waals surface area contributed by atoms with Crippen LogP contribution in [0, 0.1) is 0 Å². The van der Waals surface area contributed by atoms with E-state index in [4.69, 9.17) is 11.6 Å². The van der Waals surface area contributed by atoms with Crippen LogP contribution in [0.3, 0.4) is 0 Å². The smallest absolute Gasteiger partial charge is 0.247 e. The number of benzene rings is 1. The molecule has 0 aliphatic carbocycles. The molecule has 0 fully saturated rings. The fourth-order valence-electron chi connectivity index (χ4n) is 1.70. The van der Waals surface area contributed by atoms with Crippen LogP contribution >= 0.6 is 11.6 Å². The average Bonchev–Trinajstić information content (AvgIpc) is 2.96. The molecule has 0 spiro atoms. The standard InChI is InChI=1S/C12H9ClN6O2S/c13-9-4-1-2-5-10(9)22(20,21)18-12-16-8-17-19(12)11-14-6-3-7-15-11/h1-8H,(H,16,17,18). The maximum Gasteiger partial charge on any atom is 0.265 e. The molecular formula is C12H9ClN6O2S. The second kappa shape index (κ2) is 5.70. The van der Waals surface area contributed by atoms with Crippen LogP contribution in [0.5, 0.6) is 0 Å². The Morgan fingerprint density at radius 2 is 1.77 bits per heavy atom. The minimum absolute atomic E-state index is 0.0360. The summed E-state index contributed by atoms with van der Waals surface area (Å²) in [5.41, 5.74) is 0. The summed E-state index contributed by atoms with van der Waals surface area (Å²) in [6, 6.07) is 7.73. The van der Waals surface area contributed by atoms with E-state index in [1.54, 1.807) is 18.2 Å². The summed E-state index contributed by atoms with van der Waals surface area (Å²) in [6.07, 6.45) is 4.22. The van der Waals surface area contributed by atoms with E-state index >= 15 is 0 Å². The maximum absolute atomic E-state index is 12.4. The van der Waals surface area contributed by atoms with Crippen LogP contribution in [-0.4, -0.2) is 33.2 Å². The molecule has 0 aliphatic heterocycles. The lowest BCUT2D eigenvalue weighted by Crippen LogP contribution is -2.17. The Morgan fingerprint density at radius 3 is 2.50 bits per heavy atom. The Labute approximate surface area is 130 Å². The minimum atomic E-state index is -3.91. The molecule has 2 heterocycles. The largest absolute Gasteiger partial charge is 0.265 e. The SMILES string of the molecule is O=S(=O)(Nc1ncnn1-c1ncccn1)c1ccccc1Cl. The summed E-state index contributed by atoms with van der Waals surface area (Å²) in [6.45, 7) is 0. The fourth-order valence-corrected chi connectivity index (χ4v) is 3.21. The van der Waals surface area contributed by atoms with E-state index in [0.29, 0.717) is 0 Å². The van der Waals surface area contributed by atoms with Gasteiger partial charge in [-0.05, 0) is 18.2 Å². The number of nitrogens with zero attached hydrogens (tertiary/aromatic N) is 5. The van der Waals surface area contributed by atoms with Crippen LogP contribution in [0.2, 0.25) is 5.02 Å². The molecule has 3 rings (SSSR count). The van der Waals surface area contributed by atoms with E-state index in [2.05, 4.69) is 24.8 Å². The molecule has 0 unspecified atom stereocenters. The Balaban J connectivity index is 1.98. The molecule has 0 saturated carbocycles. The first-order chi connectivity index (χ1) is 10.6. The van der Waals surface area contributed by atoms with Crippen molar-refractivity contribution >= 4 is 27.6 Å². The summed E-state index contributed by atoms with van der Waals surface area (Å²) in [4.78, 5) is 11.8. The molecule has 112 valence electrons. The van der Waals surface area contributed by atoms with Gasteiger partial charge in [-0.2, -0.15) is 14.8 Å². The third-order valence-electron chi connectivity index (χ3n) is 2.64. The van der Waals surface area contributed by atoms with Crippen molar-refractivity contribution in [2.75, 3.05) is 4.72 Å². The lowest BCUT2D eigenvalue weighted by Gasteiger charge is -2.09. The topological polar surface area (TPSA) is 103 Å². The number of nitrogens with one attached hydrogen (secondary N) is 1. The van der Waals surface area contributed by atoms with Gasteiger partial charge in [0.15, 0.2) is 0 Å². The first kappa shape index (κ1) is 14.4. The van der Waals surface area contributed by atoms with E-state index in [0.717, 1.165) is 0 Å². The maximum atomic E-state index is 12.4. The normalized spacial score (nSPS) is 11.3. The summed E-state index contributed by atoms with van der Waals surface area (Å²) in [5.74, 6) is 0.156. The van der Waals surface area contributed by atoms with Crippen molar-refractivity contribution < 1.29 is 8.42 Å². The van der Waals surface area contributed by atoms with Gasteiger partial charge in [-0.1, -0.05) is 23.7 Å². The van der Waals surface area contributed by atoms with Crippen molar-refractivity contribution in [3.8, 4) is 5.95 Å². The van der Waals surface area contributed by atoms with Gasteiger partial charge in [-0.25, -0.2) is 23.1 Å². The van der Waals surface area contributed by atoms with E-state index in [-0.39, 0.29) is 21.8 Å². The number of aromatic nitrogens is 5. The molecule has 1 aromatic carbocycles. The zero-order chi connectivity index (χ0) is 15.6. The molecule has 0 amide bonds. The van der Waals surface area contributed by atoms with Crippen LogP contribution in [0.15, 0.2) is 53.9 Å². The van der Waals surface area contributed by atoms with Gasteiger partial charge < -0.3 is 0 Å². The zero-order valence-corrected chi connectivity index (χ0v) is 12.5. The van der Waals surface area contributed by atoms with Crippen molar-refractivity contribution in [1.82, 2.24) is 24.7 Å². The lowest BCUT2D eigenvalue weighted by molar-refractivity contribution is 0.600. The van der Waals surface area contributed by atoms with Crippen molar-refractivity contribution in [3.05, 3.63) is 54.1 Å². The second-order valence-corrected chi connectivity index (χ2v) is 6.14. The molecule has 22 heavy (non-hydrogen) atoms. The zero-order valence-electron chi connectivity index (χ0n) is 11.0. The number of sulfonamides is 1. The molecule has 0 radical (unpaired) electrons. The van der Waals surface area contributed by atoms with Crippen molar-refractivity contribution in [3.63, 3.8) is 0 Å². The molecule has 0 saturated heterocycles. The molecule has 0 aliphatic rings. The third kappa shape index (κ3) is 2.76. The van der Waals surface area contributed by atoms with Crippen molar-refractivity contribution in [1.29, 1.82) is 0 Å². The van der Waals surface area contributed by atoms with Crippen LogP contribution in [0.25, 0.3) is 5.95 Å². The number of hydrogen-bond acceptors (Lipinski definition) is 6. The average molecular weight is 337 g/mol. The number of hydrogen-bond donors (Lipinski definition) is 1. The third-order valence-corrected chi connectivity index (χ3v) is 4.47. The first-order valence-corrected chi connectivity index (χ1v) is 7.89. The van der Waals surface area contributed by atoms with Crippen LogP contribution < -0.4 is 4.72 Å². The highest BCUT2D eigenvalue weighted by Crippen LogP contribution is 2.22. The van der Waals surface area contributed by atoms with Gasteiger partial charge in [0.05, 0.1) is 5.02 Å².